The highest BCUT2D eigenvalue weighted by Crippen LogP contribution is 2.32. The molecule has 156 valence electrons. The predicted molar refractivity (Wildman–Crippen MR) is 124 cm³/mol. The van der Waals surface area contributed by atoms with E-state index in [1.165, 1.54) is 17.3 Å². The van der Waals surface area contributed by atoms with Crippen molar-refractivity contribution in [3.63, 3.8) is 0 Å². The Labute approximate surface area is 185 Å². The molecule has 31 heavy (non-hydrogen) atoms. The molecule has 0 fully saturated rings. The van der Waals surface area contributed by atoms with Gasteiger partial charge in [0, 0.05) is 11.4 Å². The number of carbonyl (C=O) groups excluding carboxylic acids is 1. The molecule has 1 heterocycles. The second kappa shape index (κ2) is 9.49. The summed E-state index contributed by atoms with van der Waals surface area (Å²) in [5.74, 6) is 0.696. The second-order valence-electron chi connectivity index (χ2n) is 6.88. The normalized spacial score (nSPS) is 10.7. The van der Waals surface area contributed by atoms with Gasteiger partial charge < -0.3 is 10.4 Å². The van der Waals surface area contributed by atoms with Crippen molar-refractivity contribution in [1.29, 1.82) is 0 Å². The van der Waals surface area contributed by atoms with Crippen LogP contribution in [0.4, 0.5) is 5.69 Å². The molecule has 0 radical (unpaired) electrons. The van der Waals surface area contributed by atoms with E-state index >= 15 is 0 Å². The molecule has 4 aromatic rings. The number of rotatable bonds is 7. The summed E-state index contributed by atoms with van der Waals surface area (Å²) in [5.41, 5.74) is 3.41. The Morgan fingerprint density at radius 1 is 0.968 bits per heavy atom. The maximum Gasteiger partial charge on any atom is 0.234 e. The summed E-state index contributed by atoms with van der Waals surface area (Å²) in [6.45, 7) is 2.09. The zero-order valence-electron chi connectivity index (χ0n) is 17.0. The molecule has 2 N–H and O–H groups in total. The Morgan fingerprint density at radius 3 is 2.39 bits per heavy atom. The topological polar surface area (TPSA) is 80.0 Å². The van der Waals surface area contributed by atoms with Crippen molar-refractivity contribution in [1.82, 2.24) is 14.8 Å². The van der Waals surface area contributed by atoms with Crippen LogP contribution in [0.2, 0.25) is 0 Å². The summed E-state index contributed by atoms with van der Waals surface area (Å²) in [6.07, 6.45) is 0.957. The average molecular weight is 431 g/mol. The lowest BCUT2D eigenvalue weighted by atomic mass is 10.1. The fraction of sp³-hybridized carbons (Fsp3) is 0.125. The minimum absolute atomic E-state index is 0.122. The van der Waals surface area contributed by atoms with Crippen LogP contribution < -0.4 is 5.32 Å². The molecule has 0 bridgehead atoms. The highest BCUT2D eigenvalue weighted by Gasteiger charge is 2.19. The van der Waals surface area contributed by atoms with Crippen LogP contribution >= 0.6 is 11.8 Å². The summed E-state index contributed by atoms with van der Waals surface area (Å²) in [5, 5.41) is 22.4. The Bertz CT molecular complexity index is 1170. The SMILES string of the molecule is CCc1ccc(NC(=O)CSc2nnc(-c3ccccc3O)n2-c2ccccc2)cc1. The number of hydrogen-bond acceptors (Lipinski definition) is 5. The van der Waals surface area contributed by atoms with E-state index < -0.39 is 0 Å². The number of carbonyl (C=O) groups is 1. The summed E-state index contributed by atoms with van der Waals surface area (Å²) < 4.78 is 1.85. The molecule has 0 unspecified atom stereocenters. The maximum atomic E-state index is 12.5. The summed E-state index contributed by atoms with van der Waals surface area (Å²) in [6, 6.07) is 24.5. The molecule has 0 saturated carbocycles. The van der Waals surface area contributed by atoms with Gasteiger partial charge in [0.2, 0.25) is 5.91 Å². The Balaban J connectivity index is 1.57. The molecule has 0 aliphatic carbocycles. The molecule has 0 aliphatic rings. The van der Waals surface area contributed by atoms with Gasteiger partial charge in [0.15, 0.2) is 11.0 Å². The highest BCUT2D eigenvalue weighted by molar-refractivity contribution is 7.99. The van der Waals surface area contributed by atoms with Crippen molar-refractivity contribution < 1.29 is 9.90 Å². The molecule has 1 aromatic heterocycles. The number of hydrogen-bond donors (Lipinski definition) is 2. The van der Waals surface area contributed by atoms with E-state index in [2.05, 4.69) is 22.4 Å². The zero-order valence-corrected chi connectivity index (χ0v) is 17.8. The second-order valence-corrected chi connectivity index (χ2v) is 7.82. The molecule has 0 atom stereocenters. The van der Waals surface area contributed by atoms with E-state index in [1.54, 1.807) is 18.2 Å². The average Bonchev–Trinajstić information content (AvgIpc) is 3.23. The predicted octanol–water partition coefficient (Wildman–Crippen LogP) is 4.93. The number of para-hydroxylation sites is 2. The zero-order chi connectivity index (χ0) is 21.6. The largest absolute Gasteiger partial charge is 0.507 e. The van der Waals surface area contributed by atoms with Gasteiger partial charge in [0.05, 0.1) is 11.3 Å². The van der Waals surface area contributed by atoms with Gasteiger partial charge in [-0.05, 0) is 48.4 Å². The highest BCUT2D eigenvalue weighted by atomic mass is 32.2. The van der Waals surface area contributed by atoms with Gasteiger partial charge in [-0.15, -0.1) is 10.2 Å². The smallest absolute Gasteiger partial charge is 0.234 e. The minimum Gasteiger partial charge on any atom is -0.507 e. The van der Waals surface area contributed by atoms with Gasteiger partial charge in [-0.25, -0.2) is 0 Å². The van der Waals surface area contributed by atoms with E-state index in [1.807, 2.05) is 65.2 Å². The number of aromatic hydroxyl groups is 1. The fourth-order valence-electron chi connectivity index (χ4n) is 3.16. The van der Waals surface area contributed by atoms with Crippen LogP contribution in [-0.4, -0.2) is 31.5 Å². The van der Waals surface area contributed by atoms with E-state index in [0.717, 1.165) is 17.8 Å². The monoisotopic (exact) mass is 430 g/mol. The molecule has 0 aliphatic heterocycles. The van der Waals surface area contributed by atoms with E-state index in [9.17, 15) is 9.90 Å². The lowest BCUT2D eigenvalue weighted by Gasteiger charge is -2.11. The number of amides is 1. The Kier molecular flexibility index (Phi) is 6.33. The van der Waals surface area contributed by atoms with Gasteiger partial charge in [-0.2, -0.15) is 0 Å². The maximum absolute atomic E-state index is 12.5. The number of nitrogens with one attached hydrogen (secondary N) is 1. The molecule has 1 amide bonds. The van der Waals surface area contributed by atoms with Crippen LogP contribution in [0.15, 0.2) is 84.0 Å². The number of benzene rings is 3. The van der Waals surface area contributed by atoms with Crippen molar-refractivity contribution in [2.45, 2.75) is 18.5 Å². The molecule has 0 spiro atoms. The lowest BCUT2D eigenvalue weighted by molar-refractivity contribution is -0.113. The lowest BCUT2D eigenvalue weighted by Crippen LogP contribution is -2.14. The van der Waals surface area contributed by atoms with Gasteiger partial charge >= 0.3 is 0 Å². The quantitative estimate of drug-likeness (QED) is 0.406. The number of aromatic nitrogens is 3. The van der Waals surface area contributed by atoms with E-state index in [4.69, 9.17) is 0 Å². The first-order valence-corrected chi connectivity index (χ1v) is 10.9. The molecular weight excluding hydrogens is 408 g/mol. The van der Waals surface area contributed by atoms with Gasteiger partial charge in [0.1, 0.15) is 5.75 Å². The summed E-state index contributed by atoms with van der Waals surface area (Å²) in [4.78, 5) is 12.5. The van der Waals surface area contributed by atoms with Crippen LogP contribution in [0.3, 0.4) is 0 Å². The number of nitrogens with zero attached hydrogens (tertiary/aromatic N) is 3. The Hall–Kier alpha value is -3.58. The van der Waals surface area contributed by atoms with E-state index in [0.29, 0.717) is 16.5 Å². The number of anilines is 1. The van der Waals surface area contributed by atoms with E-state index in [-0.39, 0.29) is 17.4 Å². The van der Waals surface area contributed by atoms with Crippen LogP contribution in [0, 0.1) is 0 Å². The number of aryl methyl sites for hydroxylation is 1. The molecule has 7 heteroatoms. The molecule has 6 nitrogen and oxygen atoms in total. The number of phenolic OH excluding ortho intramolecular Hbond substituents is 1. The van der Waals surface area contributed by atoms with Crippen molar-refractivity contribution in [3.05, 3.63) is 84.4 Å². The molecule has 3 aromatic carbocycles. The number of phenols is 1. The first-order valence-electron chi connectivity index (χ1n) is 9.96. The van der Waals surface area contributed by atoms with Crippen molar-refractivity contribution in [2.24, 2.45) is 0 Å². The van der Waals surface area contributed by atoms with Crippen molar-refractivity contribution in [3.8, 4) is 22.8 Å². The number of thioether (sulfide) groups is 1. The third kappa shape index (κ3) is 4.78. The van der Waals surface area contributed by atoms with Crippen LogP contribution in [0.25, 0.3) is 17.1 Å². The van der Waals surface area contributed by atoms with Gasteiger partial charge in [-0.1, -0.05) is 61.2 Å². The van der Waals surface area contributed by atoms with Crippen LogP contribution in [0.5, 0.6) is 5.75 Å². The van der Waals surface area contributed by atoms with Crippen LogP contribution in [-0.2, 0) is 11.2 Å². The minimum atomic E-state index is -0.124. The molecule has 0 saturated heterocycles. The fourth-order valence-corrected chi connectivity index (χ4v) is 3.91. The van der Waals surface area contributed by atoms with Crippen molar-refractivity contribution >= 4 is 23.4 Å². The third-order valence-electron chi connectivity index (χ3n) is 4.77. The molecule has 4 rings (SSSR count). The first kappa shape index (κ1) is 20.7. The summed E-state index contributed by atoms with van der Waals surface area (Å²) >= 11 is 1.29. The van der Waals surface area contributed by atoms with Crippen LogP contribution in [0.1, 0.15) is 12.5 Å². The summed E-state index contributed by atoms with van der Waals surface area (Å²) in [7, 11) is 0. The third-order valence-corrected chi connectivity index (χ3v) is 5.70. The molecular formula is C24H22N4O2S. The van der Waals surface area contributed by atoms with Crippen molar-refractivity contribution in [2.75, 3.05) is 11.1 Å². The van der Waals surface area contributed by atoms with Gasteiger partial charge in [0.25, 0.3) is 0 Å². The Morgan fingerprint density at radius 2 is 1.68 bits per heavy atom. The first-order chi connectivity index (χ1) is 15.2. The standard InChI is InChI=1S/C24H22N4O2S/c1-2-17-12-14-18(15-13-17)25-22(30)16-31-24-27-26-23(20-10-6-7-11-21(20)29)28(24)19-8-4-3-5-9-19/h3-15,29H,2,16H2,1H3,(H,25,30). The van der Waals surface area contributed by atoms with Gasteiger partial charge in [-0.3, -0.25) is 9.36 Å².